The minimum absolute atomic E-state index is 0.316. The molecule has 1 saturated heterocycles. The molecule has 3 nitrogen and oxygen atoms in total. The van der Waals surface area contributed by atoms with Crippen LogP contribution in [0.25, 0.3) is 0 Å². The molecule has 1 aromatic carbocycles. The maximum Gasteiger partial charge on any atom is 0.115 e. The van der Waals surface area contributed by atoms with E-state index in [-0.39, 0.29) is 0 Å². The molecule has 106 valence electrons. The van der Waals surface area contributed by atoms with E-state index in [1.807, 2.05) is 23.9 Å². The van der Waals surface area contributed by atoms with Crippen LogP contribution >= 0.6 is 11.8 Å². The van der Waals surface area contributed by atoms with E-state index in [0.717, 1.165) is 30.8 Å². The molecule has 0 aromatic heterocycles. The van der Waals surface area contributed by atoms with Crippen LogP contribution in [0.15, 0.2) is 24.3 Å². The van der Waals surface area contributed by atoms with E-state index in [1.54, 1.807) is 12.1 Å². The highest BCUT2D eigenvalue weighted by atomic mass is 32.2. The minimum atomic E-state index is -0.503. The molecule has 1 aromatic rings. The third kappa shape index (κ3) is 4.71. The molecule has 0 radical (unpaired) electrons. The molecule has 4 heteroatoms. The maximum atomic E-state index is 10.2. The first kappa shape index (κ1) is 14.7. The summed E-state index contributed by atoms with van der Waals surface area (Å²) in [6, 6.07) is 7.77. The Hall–Kier alpha value is -0.710. The lowest BCUT2D eigenvalue weighted by Gasteiger charge is -2.24. The Labute approximate surface area is 119 Å². The van der Waals surface area contributed by atoms with E-state index in [9.17, 15) is 10.2 Å². The number of phenols is 1. The van der Waals surface area contributed by atoms with E-state index in [1.165, 1.54) is 5.56 Å². The summed E-state index contributed by atoms with van der Waals surface area (Å²) in [5.41, 5.74) is 0.735. The summed E-state index contributed by atoms with van der Waals surface area (Å²) in [4.78, 5) is 0. The summed E-state index contributed by atoms with van der Waals surface area (Å²) in [6.45, 7) is 2.85. The van der Waals surface area contributed by atoms with Gasteiger partial charge in [-0.3, -0.25) is 0 Å². The Morgan fingerprint density at radius 2 is 2.11 bits per heavy atom. The van der Waals surface area contributed by atoms with Crippen LogP contribution in [-0.4, -0.2) is 39.9 Å². The van der Waals surface area contributed by atoms with Crippen molar-refractivity contribution in [3.8, 4) is 5.75 Å². The largest absolute Gasteiger partial charge is 0.508 e. The average molecular weight is 281 g/mol. The molecule has 19 heavy (non-hydrogen) atoms. The molecule has 1 aliphatic heterocycles. The van der Waals surface area contributed by atoms with Crippen molar-refractivity contribution < 1.29 is 10.2 Å². The van der Waals surface area contributed by atoms with Gasteiger partial charge in [0, 0.05) is 18.3 Å². The molecule has 3 N–H and O–H groups in total. The van der Waals surface area contributed by atoms with Crippen molar-refractivity contribution in [1.29, 1.82) is 0 Å². The zero-order valence-corrected chi connectivity index (χ0v) is 12.2. The van der Waals surface area contributed by atoms with Crippen LogP contribution in [0.1, 0.15) is 25.3 Å². The summed E-state index contributed by atoms with van der Waals surface area (Å²) in [7, 11) is 0. The first-order valence-corrected chi connectivity index (χ1v) is 8.04. The number of aliphatic hydroxyl groups is 1. The van der Waals surface area contributed by atoms with Crippen LogP contribution in [0.5, 0.6) is 5.75 Å². The van der Waals surface area contributed by atoms with Gasteiger partial charge in [-0.2, -0.15) is 11.8 Å². The van der Waals surface area contributed by atoms with Crippen LogP contribution in [0.4, 0.5) is 0 Å². The number of aryl methyl sites for hydroxylation is 1. The highest BCUT2D eigenvalue weighted by Gasteiger charge is 2.31. The molecule has 1 aliphatic rings. The lowest BCUT2D eigenvalue weighted by atomic mass is 10.0. The molecule has 0 saturated carbocycles. The fourth-order valence-corrected chi connectivity index (χ4v) is 3.54. The third-order valence-corrected chi connectivity index (χ3v) is 4.90. The molecule has 2 atom stereocenters. The van der Waals surface area contributed by atoms with E-state index < -0.39 is 5.60 Å². The predicted octanol–water partition coefficient (Wildman–Crippen LogP) is 2.17. The van der Waals surface area contributed by atoms with Gasteiger partial charge in [0.2, 0.25) is 0 Å². The summed E-state index contributed by atoms with van der Waals surface area (Å²) < 4.78 is 0. The van der Waals surface area contributed by atoms with E-state index in [4.69, 9.17) is 0 Å². The molecular weight excluding hydrogens is 258 g/mol. The van der Waals surface area contributed by atoms with E-state index >= 15 is 0 Å². The van der Waals surface area contributed by atoms with Crippen LogP contribution in [0.3, 0.4) is 0 Å². The van der Waals surface area contributed by atoms with Gasteiger partial charge in [-0.1, -0.05) is 12.1 Å². The predicted molar refractivity (Wildman–Crippen MR) is 80.8 cm³/mol. The fourth-order valence-electron chi connectivity index (χ4n) is 2.25. The third-order valence-electron chi connectivity index (χ3n) is 3.66. The number of hydrogen-bond donors (Lipinski definition) is 3. The van der Waals surface area contributed by atoms with Crippen LogP contribution in [0.2, 0.25) is 0 Å². The highest BCUT2D eigenvalue weighted by molar-refractivity contribution is 7.99. The Kier molecular flexibility index (Phi) is 5.13. The van der Waals surface area contributed by atoms with Crippen LogP contribution in [0, 0.1) is 0 Å². The van der Waals surface area contributed by atoms with Crippen molar-refractivity contribution in [2.75, 3.05) is 18.1 Å². The molecular formula is C15H23NO2S. The van der Waals surface area contributed by atoms with Gasteiger partial charge >= 0.3 is 0 Å². The van der Waals surface area contributed by atoms with Gasteiger partial charge in [0.05, 0.1) is 5.60 Å². The SMILES string of the molecule is C[C@H](CCc1ccc(O)cc1)NC[C@]1(O)CCSC1. The van der Waals surface area contributed by atoms with E-state index in [0.29, 0.717) is 18.3 Å². The summed E-state index contributed by atoms with van der Waals surface area (Å²) in [5, 5.41) is 22.9. The van der Waals surface area contributed by atoms with Gasteiger partial charge in [-0.05, 0) is 49.6 Å². The van der Waals surface area contributed by atoms with Gasteiger partial charge in [0.15, 0.2) is 0 Å². The van der Waals surface area contributed by atoms with Crippen molar-refractivity contribution >= 4 is 11.8 Å². The first-order valence-electron chi connectivity index (χ1n) is 6.89. The molecule has 0 bridgehead atoms. The zero-order valence-electron chi connectivity index (χ0n) is 11.4. The Morgan fingerprint density at radius 1 is 1.37 bits per heavy atom. The Morgan fingerprint density at radius 3 is 2.74 bits per heavy atom. The Balaban J connectivity index is 1.69. The number of rotatable bonds is 6. The second-order valence-electron chi connectivity index (χ2n) is 5.51. The quantitative estimate of drug-likeness (QED) is 0.748. The molecule has 2 rings (SSSR count). The first-order chi connectivity index (χ1) is 9.07. The van der Waals surface area contributed by atoms with Crippen molar-refractivity contribution in [2.45, 2.75) is 37.8 Å². The van der Waals surface area contributed by atoms with Gasteiger partial charge in [-0.25, -0.2) is 0 Å². The standard InChI is InChI=1S/C15H23NO2S/c1-12(16-10-15(18)8-9-19-11-15)2-3-13-4-6-14(17)7-5-13/h4-7,12,16-18H,2-3,8-11H2,1H3/t12-,15-/m1/s1. The topological polar surface area (TPSA) is 52.5 Å². The summed E-state index contributed by atoms with van der Waals surface area (Å²) >= 11 is 1.83. The second kappa shape index (κ2) is 6.64. The molecule has 0 spiro atoms. The average Bonchev–Trinajstić information content (AvgIpc) is 2.83. The monoisotopic (exact) mass is 281 g/mol. The van der Waals surface area contributed by atoms with Crippen molar-refractivity contribution in [2.24, 2.45) is 0 Å². The van der Waals surface area contributed by atoms with Gasteiger partial charge in [0.25, 0.3) is 0 Å². The summed E-state index contributed by atoms with van der Waals surface area (Å²) in [5.74, 6) is 2.24. The molecule has 1 fully saturated rings. The smallest absolute Gasteiger partial charge is 0.115 e. The van der Waals surface area contributed by atoms with E-state index in [2.05, 4.69) is 12.2 Å². The van der Waals surface area contributed by atoms with Gasteiger partial charge < -0.3 is 15.5 Å². The zero-order chi connectivity index (χ0) is 13.7. The number of thioether (sulfide) groups is 1. The van der Waals surface area contributed by atoms with Crippen LogP contribution in [-0.2, 0) is 6.42 Å². The second-order valence-corrected chi connectivity index (χ2v) is 6.62. The lowest BCUT2D eigenvalue weighted by Crippen LogP contribution is -2.43. The Bertz CT molecular complexity index is 388. The van der Waals surface area contributed by atoms with Gasteiger partial charge in [0.1, 0.15) is 5.75 Å². The molecule has 0 aliphatic carbocycles. The lowest BCUT2D eigenvalue weighted by molar-refractivity contribution is 0.0649. The minimum Gasteiger partial charge on any atom is -0.508 e. The van der Waals surface area contributed by atoms with Crippen molar-refractivity contribution in [3.63, 3.8) is 0 Å². The van der Waals surface area contributed by atoms with Crippen LogP contribution < -0.4 is 5.32 Å². The molecule has 0 unspecified atom stereocenters. The highest BCUT2D eigenvalue weighted by Crippen LogP contribution is 2.27. The van der Waals surface area contributed by atoms with Crippen molar-refractivity contribution in [1.82, 2.24) is 5.32 Å². The normalized spacial score (nSPS) is 24.5. The molecule has 0 amide bonds. The number of aromatic hydroxyl groups is 1. The maximum absolute atomic E-state index is 10.2. The number of hydrogen-bond acceptors (Lipinski definition) is 4. The van der Waals surface area contributed by atoms with Crippen molar-refractivity contribution in [3.05, 3.63) is 29.8 Å². The number of nitrogens with one attached hydrogen (secondary N) is 1. The fraction of sp³-hybridized carbons (Fsp3) is 0.600. The number of benzene rings is 1. The summed E-state index contributed by atoms with van der Waals surface area (Å²) in [6.07, 6.45) is 2.92. The number of phenolic OH excluding ortho intramolecular Hbond substituents is 1. The molecule has 1 heterocycles. The van der Waals surface area contributed by atoms with Gasteiger partial charge in [-0.15, -0.1) is 0 Å².